The van der Waals surface area contributed by atoms with Crippen LogP contribution < -0.4 is 20.6 Å². The predicted molar refractivity (Wildman–Crippen MR) is 313 cm³/mol. The summed E-state index contributed by atoms with van der Waals surface area (Å²) in [4.78, 5) is 18.8. The zero-order chi connectivity index (χ0) is 51.1. The van der Waals surface area contributed by atoms with Gasteiger partial charge in [0.2, 0.25) is 0 Å². The van der Waals surface area contributed by atoms with Crippen LogP contribution in [0.4, 0.5) is 17.1 Å². The first kappa shape index (κ1) is 47.4. The largest absolute Gasteiger partial charge is 0.311 e. The minimum Gasteiger partial charge on any atom is -0.311 e. The van der Waals surface area contributed by atoms with E-state index in [0.717, 1.165) is 22.4 Å². The van der Waals surface area contributed by atoms with Crippen molar-refractivity contribution < 1.29 is 0 Å². The molecule has 3 aliphatic rings. The number of fused-ring (bicyclic) bond motifs is 8. The number of rotatable bonds is 5. The second kappa shape index (κ2) is 16.4. The first-order valence-electron chi connectivity index (χ1n) is 26.4. The summed E-state index contributed by atoms with van der Waals surface area (Å²) in [7, 11) is 0. The summed E-state index contributed by atoms with van der Waals surface area (Å²) in [6.45, 7) is 30.3. The Balaban J connectivity index is 1.16. The number of aromatic nitrogens is 3. The zero-order valence-electron chi connectivity index (χ0n) is 45.0. The maximum absolute atomic E-state index is 5.49. The number of nitrogens with zero attached hydrogens (tertiary/aromatic N) is 4. The highest BCUT2D eigenvalue weighted by molar-refractivity contribution is 7.34. The highest BCUT2D eigenvalue weighted by Crippen LogP contribution is 2.52. The van der Waals surface area contributed by atoms with Gasteiger partial charge in [-0.1, -0.05) is 193 Å². The van der Waals surface area contributed by atoms with Gasteiger partial charge in [-0.05, 0) is 143 Å². The molecule has 9 aromatic rings. The number of thiophene rings is 1. The van der Waals surface area contributed by atoms with Crippen molar-refractivity contribution in [2.45, 2.75) is 130 Å². The quantitative estimate of drug-likeness (QED) is 0.161. The van der Waals surface area contributed by atoms with Crippen LogP contribution in [0.5, 0.6) is 0 Å². The molecule has 0 fully saturated rings. The van der Waals surface area contributed by atoms with E-state index in [-0.39, 0.29) is 33.8 Å². The van der Waals surface area contributed by atoms with Crippen LogP contribution in [-0.2, 0) is 27.1 Å². The van der Waals surface area contributed by atoms with Crippen molar-refractivity contribution in [3.05, 3.63) is 173 Å². The maximum Gasteiger partial charge on any atom is 0.260 e. The summed E-state index contributed by atoms with van der Waals surface area (Å²) in [6, 6.07) is 54.9. The second-order valence-corrected chi connectivity index (χ2v) is 26.7. The highest BCUT2D eigenvalue weighted by atomic mass is 32.1. The molecular weight excluding hydrogens is 904 g/mol. The summed E-state index contributed by atoms with van der Waals surface area (Å²) >= 11 is 2.00. The molecule has 0 bridgehead atoms. The Bertz CT molecular complexity index is 3600. The van der Waals surface area contributed by atoms with E-state index < -0.39 is 0 Å². The lowest BCUT2D eigenvalue weighted by Gasteiger charge is -2.42. The van der Waals surface area contributed by atoms with E-state index in [1.54, 1.807) is 0 Å². The van der Waals surface area contributed by atoms with Crippen LogP contribution in [0.25, 0.3) is 66.5 Å². The van der Waals surface area contributed by atoms with Gasteiger partial charge in [-0.3, -0.25) is 0 Å². The van der Waals surface area contributed by atoms with Crippen LogP contribution in [0.1, 0.15) is 131 Å². The summed E-state index contributed by atoms with van der Waals surface area (Å²) in [6.07, 6.45) is 2.35. The van der Waals surface area contributed by atoms with Crippen LogP contribution in [0.3, 0.4) is 0 Å². The van der Waals surface area contributed by atoms with E-state index in [9.17, 15) is 0 Å². The standard InChI is InChI=1S/C67H67BN4S/c1-63(2,3)44-27-23-41(24-28-44)60-69-61(42-25-29-45(30-26-42)64(4,5)6)71-62(70-60)43-35-49-57-48-38-50-51(67(12,13)34-33-66(50,10)11)39-56(48)73-59(57)68-52-21-17-18-22-54(52)72(55(36-43)58(49)68)53-32-31-46(65(7,8)9)37-47(53)40-19-15-14-16-20-40/h14-32,35-39H,33-34H2,1-13H3. The van der Waals surface area contributed by atoms with Gasteiger partial charge in [0.15, 0.2) is 17.5 Å². The van der Waals surface area contributed by atoms with Gasteiger partial charge >= 0.3 is 0 Å². The van der Waals surface area contributed by atoms with Crippen molar-refractivity contribution in [1.29, 1.82) is 0 Å². The molecule has 0 saturated heterocycles. The third-order valence-corrected chi connectivity index (χ3v) is 17.7. The van der Waals surface area contributed by atoms with E-state index in [1.165, 1.54) is 100 Å². The summed E-state index contributed by atoms with van der Waals surface area (Å²) in [5.41, 5.74) is 21.1. The van der Waals surface area contributed by atoms with Crippen molar-refractivity contribution in [2.24, 2.45) is 0 Å². The summed E-state index contributed by atoms with van der Waals surface area (Å²) in [5, 5.41) is 1.36. The van der Waals surface area contributed by atoms with Gasteiger partial charge in [-0.2, -0.15) is 0 Å². The van der Waals surface area contributed by atoms with Gasteiger partial charge in [-0.25, -0.2) is 15.0 Å². The Kier molecular flexibility index (Phi) is 10.7. The fraction of sp³-hybridized carbons (Fsp3) is 0.299. The molecule has 2 aliphatic heterocycles. The van der Waals surface area contributed by atoms with Gasteiger partial charge in [0.1, 0.15) is 0 Å². The van der Waals surface area contributed by atoms with Crippen molar-refractivity contribution in [3.8, 4) is 56.4 Å². The molecule has 73 heavy (non-hydrogen) atoms. The van der Waals surface area contributed by atoms with Gasteiger partial charge in [0.25, 0.3) is 6.71 Å². The molecule has 364 valence electrons. The van der Waals surface area contributed by atoms with E-state index in [0.29, 0.717) is 17.5 Å². The van der Waals surface area contributed by atoms with E-state index in [2.05, 4.69) is 241 Å². The van der Waals surface area contributed by atoms with E-state index in [4.69, 9.17) is 15.0 Å². The molecule has 1 aliphatic carbocycles. The average Bonchev–Trinajstić information content (AvgIpc) is 3.91. The van der Waals surface area contributed by atoms with E-state index >= 15 is 0 Å². The average molecular weight is 971 g/mol. The number of hydrogen-bond donors (Lipinski definition) is 0. The molecule has 7 aromatic carbocycles. The number of hydrogen-bond acceptors (Lipinski definition) is 5. The Hall–Kier alpha value is -6.63. The SMILES string of the molecule is CC(C)(C)c1ccc(-c2nc(-c3ccc(C(C)(C)C)cc3)nc(-c3cc4c5c(c3)N(c3ccc(C(C)(C)C)cc3-c3ccccc3)c3ccccc3B5c3sc5cc6c(cc5c3-4)C(C)(C)CCC6(C)C)n2)cc1. The monoisotopic (exact) mass is 971 g/mol. The van der Waals surface area contributed by atoms with Gasteiger partial charge < -0.3 is 4.90 Å². The zero-order valence-corrected chi connectivity index (χ0v) is 45.9. The summed E-state index contributed by atoms with van der Waals surface area (Å²) < 4.78 is 2.80. The second-order valence-electron chi connectivity index (χ2n) is 25.6. The first-order valence-corrected chi connectivity index (χ1v) is 27.2. The highest BCUT2D eigenvalue weighted by Gasteiger charge is 2.46. The summed E-state index contributed by atoms with van der Waals surface area (Å²) in [5.74, 6) is 1.99. The molecule has 0 amide bonds. The third kappa shape index (κ3) is 7.89. The van der Waals surface area contributed by atoms with E-state index in [1.807, 2.05) is 11.3 Å². The Morgan fingerprint density at radius 1 is 0.466 bits per heavy atom. The maximum atomic E-state index is 5.49. The lowest BCUT2D eigenvalue weighted by Crippen LogP contribution is -2.54. The number of para-hydroxylation sites is 1. The number of benzene rings is 7. The molecule has 4 heterocycles. The minimum atomic E-state index is -0.0410. The van der Waals surface area contributed by atoms with Crippen molar-refractivity contribution in [3.63, 3.8) is 0 Å². The fourth-order valence-corrected chi connectivity index (χ4v) is 13.3. The Morgan fingerprint density at radius 2 is 0.986 bits per heavy atom. The fourth-order valence-electron chi connectivity index (χ4n) is 11.9. The molecule has 0 saturated carbocycles. The van der Waals surface area contributed by atoms with Crippen LogP contribution >= 0.6 is 11.3 Å². The normalized spacial score (nSPS) is 15.5. The topological polar surface area (TPSA) is 41.9 Å². The molecule has 0 atom stereocenters. The van der Waals surface area contributed by atoms with Gasteiger partial charge in [-0.15, -0.1) is 11.3 Å². The predicted octanol–water partition coefficient (Wildman–Crippen LogP) is 16.3. The molecule has 12 rings (SSSR count). The van der Waals surface area contributed by atoms with Crippen LogP contribution in [-0.4, -0.2) is 21.7 Å². The molecule has 0 radical (unpaired) electrons. The van der Waals surface area contributed by atoms with Crippen LogP contribution in [0.15, 0.2) is 146 Å². The molecular formula is C67H67BN4S. The van der Waals surface area contributed by atoms with Crippen molar-refractivity contribution >= 4 is 60.9 Å². The lowest BCUT2D eigenvalue weighted by atomic mass is 9.39. The van der Waals surface area contributed by atoms with Gasteiger partial charge in [0, 0.05) is 43.7 Å². The Morgan fingerprint density at radius 3 is 1.56 bits per heavy atom. The first-order chi connectivity index (χ1) is 34.5. The molecule has 0 unspecified atom stereocenters. The lowest BCUT2D eigenvalue weighted by molar-refractivity contribution is 0.332. The molecule has 0 N–H and O–H groups in total. The molecule has 0 spiro atoms. The minimum absolute atomic E-state index is 0.0142. The van der Waals surface area contributed by atoms with Crippen molar-refractivity contribution in [1.82, 2.24) is 15.0 Å². The molecule has 2 aromatic heterocycles. The number of anilines is 3. The Labute approximate surface area is 438 Å². The molecule has 6 heteroatoms. The van der Waals surface area contributed by atoms with Crippen LogP contribution in [0.2, 0.25) is 0 Å². The van der Waals surface area contributed by atoms with Crippen LogP contribution in [0, 0.1) is 0 Å². The van der Waals surface area contributed by atoms with Gasteiger partial charge in [0.05, 0.1) is 5.69 Å². The third-order valence-electron chi connectivity index (χ3n) is 16.5. The molecule has 4 nitrogen and oxygen atoms in total. The smallest absolute Gasteiger partial charge is 0.260 e. The van der Waals surface area contributed by atoms with Crippen molar-refractivity contribution in [2.75, 3.05) is 4.90 Å².